The summed E-state index contributed by atoms with van der Waals surface area (Å²) in [5.41, 5.74) is 0. The minimum absolute atomic E-state index is 0.0134. The Kier molecular flexibility index (Phi) is 17.0. The lowest BCUT2D eigenvalue weighted by atomic mass is 9.93. The van der Waals surface area contributed by atoms with Gasteiger partial charge in [-0.1, -0.05) is 59.7 Å². The predicted octanol–water partition coefficient (Wildman–Crippen LogP) is 4.99. The van der Waals surface area contributed by atoms with Crippen molar-refractivity contribution >= 4 is 86.4 Å². The summed E-state index contributed by atoms with van der Waals surface area (Å²) in [4.78, 5) is 61.1. The van der Waals surface area contributed by atoms with E-state index in [9.17, 15) is 44.4 Å². The summed E-state index contributed by atoms with van der Waals surface area (Å²) >= 11 is 0. The number of carbonyl (C=O) groups is 4. The molecule has 0 spiro atoms. The van der Waals surface area contributed by atoms with Crippen LogP contribution in [0.1, 0.15) is 88.0 Å². The number of hydroxylamine groups is 2. The number of piperidine rings is 1. The monoisotopic (exact) mass is 1020 g/mol. The topological polar surface area (TPSA) is 233 Å². The number of imide groups is 1. The predicted molar refractivity (Wildman–Crippen MR) is 254 cm³/mol. The zero-order valence-electron chi connectivity index (χ0n) is 40.6. The molecule has 3 atom stereocenters. The van der Waals surface area contributed by atoms with E-state index in [1.54, 1.807) is 35.5 Å². The number of hydrogen-bond donors (Lipinski definition) is 0. The van der Waals surface area contributed by atoms with Gasteiger partial charge in [-0.2, -0.15) is 25.3 Å². The van der Waals surface area contributed by atoms with Gasteiger partial charge in [0.15, 0.2) is 6.61 Å². The molecule has 380 valence electrons. The summed E-state index contributed by atoms with van der Waals surface area (Å²) in [6.07, 6.45) is -2.65. The van der Waals surface area contributed by atoms with Gasteiger partial charge >= 0.3 is 5.97 Å². The summed E-state index contributed by atoms with van der Waals surface area (Å²) < 4.78 is 111. The summed E-state index contributed by atoms with van der Waals surface area (Å²) in [5.74, 6) is -3.30. The molecule has 6 rings (SSSR count). The van der Waals surface area contributed by atoms with E-state index in [1.165, 1.54) is 35.2 Å². The maximum absolute atomic E-state index is 14.5. The zero-order chi connectivity index (χ0) is 50.7. The molecule has 69 heavy (non-hydrogen) atoms. The third kappa shape index (κ3) is 11.2. The number of amides is 3. The molecule has 2 heterocycles. The van der Waals surface area contributed by atoms with Crippen LogP contribution in [0.25, 0.3) is 32.3 Å². The molecule has 0 radical (unpaired) electrons. The van der Waals surface area contributed by atoms with E-state index in [0.29, 0.717) is 44.3 Å². The van der Waals surface area contributed by atoms with Crippen LogP contribution in [0.15, 0.2) is 51.1 Å². The van der Waals surface area contributed by atoms with Gasteiger partial charge < -0.3 is 14.5 Å². The van der Waals surface area contributed by atoms with Gasteiger partial charge in [0, 0.05) is 64.3 Å². The Morgan fingerprint density at radius 2 is 0.957 bits per heavy atom. The molecule has 3 unspecified atom stereocenters. The van der Waals surface area contributed by atoms with Crippen LogP contribution < -0.4 is 4.74 Å². The summed E-state index contributed by atoms with van der Waals surface area (Å²) in [5, 5.41) is 0.915. The number of likely N-dealkylation sites (tertiary alicyclic amines) is 1. The Morgan fingerprint density at radius 3 is 1.35 bits per heavy atom. The van der Waals surface area contributed by atoms with Crippen molar-refractivity contribution < 1.29 is 66.6 Å². The van der Waals surface area contributed by atoms with Crippen molar-refractivity contribution in [3.05, 3.63) is 36.4 Å². The number of carbonyl (C=O) groups excluding carboxylic acids is 4. The Labute approximate surface area is 404 Å². The van der Waals surface area contributed by atoms with Gasteiger partial charge in [-0.3, -0.25) is 29.1 Å². The molecule has 2 fully saturated rings. The largest absolute Gasteiger partial charge is 0.483 e. The lowest BCUT2D eigenvalue weighted by Crippen LogP contribution is -2.44. The fourth-order valence-corrected chi connectivity index (χ4v) is 13.1. The summed E-state index contributed by atoms with van der Waals surface area (Å²) in [6.45, 7) is 18.0. The van der Waals surface area contributed by atoms with Gasteiger partial charge in [0.2, 0.25) is 0 Å². The van der Waals surface area contributed by atoms with Crippen LogP contribution in [0, 0.1) is 5.92 Å². The molecule has 0 N–H and O–H groups in total. The fourth-order valence-electron chi connectivity index (χ4n) is 9.13. The highest BCUT2D eigenvalue weighted by molar-refractivity contribution is 7.88. The quantitative estimate of drug-likeness (QED) is 0.0412. The van der Waals surface area contributed by atoms with Crippen molar-refractivity contribution in [2.24, 2.45) is 5.92 Å². The van der Waals surface area contributed by atoms with E-state index in [1.807, 2.05) is 41.5 Å². The third-order valence-corrected chi connectivity index (χ3v) is 17.3. The Bertz CT molecular complexity index is 2810. The van der Waals surface area contributed by atoms with Crippen LogP contribution in [0.2, 0.25) is 0 Å². The number of nitrogens with zero attached hydrogens (tertiary/aromatic N) is 5. The highest BCUT2D eigenvalue weighted by Gasteiger charge is 2.38. The number of ether oxygens (including phenoxy) is 1. The second kappa shape index (κ2) is 21.8. The van der Waals surface area contributed by atoms with Gasteiger partial charge in [0.1, 0.15) is 39.1 Å². The molecular weight excluding hydrogens is 959 g/mol. The normalized spacial score (nSPS) is 17.0. The van der Waals surface area contributed by atoms with Crippen LogP contribution in [-0.4, -0.2) is 151 Å². The number of rotatable bonds is 23. The fraction of sp³-hybridized carbons (Fsp3) is 0.565. The molecule has 2 aliphatic rings. The van der Waals surface area contributed by atoms with Crippen molar-refractivity contribution in [2.45, 2.75) is 121 Å². The van der Waals surface area contributed by atoms with Gasteiger partial charge in [0.05, 0.1) is 5.92 Å². The molecule has 20 nitrogen and oxygen atoms in total. The van der Waals surface area contributed by atoms with Gasteiger partial charge in [-0.25, -0.2) is 17.3 Å². The number of hydrogen-bond acceptors (Lipinski definition) is 18. The smallest absolute Gasteiger partial charge is 0.336 e. The molecule has 23 heteroatoms. The first kappa shape index (κ1) is 53.8. The first-order valence-corrected chi connectivity index (χ1v) is 27.6. The molecule has 0 saturated carbocycles. The van der Waals surface area contributed by atoms with Gasteiger partial charge in [-0.15, -0.1) is 5.06 Å². The van der Waals surface area contributed by atoms with E-state index in [4.69, 9.17) is 22.1 Å². The molecule has 2 saturated heterocycles. The van der Waals surface area contributed by atoms with E-state index in [2.05, 4.69) is 0 Å². The third-order valence-electron chi connectivity index (χ3n) is 13.1. The molecule has 0 aliphatic carbocycles. The SMILES string of the molecule is CCN(CC)C(C)OS(=O)(=O)c1cc(OCC(=O)N2CCC(C(=O)ON3C(=O)CCC3=O)CC2)c2ccc3c(S(=O)(=O)OC(C)N(CC)CC)cc(S(=O)(=O)OC(C)N(CC)CC)c4ccc1c2c34. The summed E-state index contributed by atoms with van der Waals surface area (Å²) in [6, 6.07) is 8.01. The molecule has 0 bridgehead atoms. The van der Waals surface area contributed by atoms with Crippen LogP contribution in [0.5, 0.6) is 5.75 Å². The minimum Gasteiger partial charge on any atom is -0.483 e. The van der Waals surface area contributed by atoms with Crippen LogP contribution in [0.3, 0.4) is 0 Å². The average Bonchev–Trinajstić information content (AvgIpc) is 3.62. The van der Waals surface area contributed by atoms with Crippen molar-refractivity contribution in [3.63, 3.8) is 0 Å². The van der Waals surface area contributed by atoms with Crippen LogP contribution >= 0.6 is 0 Å². The van der Waals surface area contributed by atoms with Crippen molar-refractivity contribution in [2.75, 3.05) is 59.0 Å². The van der Waals surface area contributed by atoms with E-state index >= 15 is 0 Å². The molecule has 0 aromatic heterocycles. The number of benzene rings is 4. The Balaban J connectivity index is 1.49. The maximum Gasteiger partial charge on any atom is 0.336 e. The lowest BCUT2D eigenvalue weighted by molar-refractivity contribution is -0.201. The molecule has 4 aromatic carbocycles. The van der Waals surface area contributed by atoms with Crippen LogP contribution in [-0.2, 0) is 66.9 Å². The first-order chi connectivity index (χ1) is 32.6. The lowest BCUT2D eigenvalue weighted by Gasteiger charge is -2.31. The van der Waals surface area contributed by atoms with Crippen molar-refractivity contribution in [3.8, 4) is 5.75 Å². The average molecular weight is 1020 g/mol. The highest BCUT2D eigenvalue weighted by Crippen LogP contribution is 2.46. The van der Waals surface area contributed by atoms with Gasteiger partial charge in [0.25, 0.3) is 48.1 Å². The van der Waals surface area contributed by atoms with E-state index < -0.39 is 99.9 Å². The zero-order valence-corrected chi connectivity index (χ0v) is 43.0. The highest BCUT2D eigenvalue weighted by atomic mass is 32.2. The Hall–Kier alpha value is -4.59. The standard InChI is InChI=1S/C46H63N5O15S3/c1-10-47(11-2)29(7)64-67(56,57)38-26-37(62-28-43(54)50-24-22-32(23-25-50)46(55)63-51-41(52)20-21-42(51)53)33-16-17-35-39(68(58,59)65-30(8)48(12-3)13-4)27-40(36-19-18-34(38)44(33)45(35)36)69(60,61)66-31(9)49(14-5)15-6/h16-19,26-27,29-32H,10-15,20-25,28H2,1-9H3. The second-order valence-corrected chi connectivity index (χ2v) is 21.5. The molecule has 4 aromatic rings. The molecule has 2 aliphatic heterocycles. The summed E-state index contributed by atoms with van der Waals surface area (Å²) in [7, 11) is -14.3. The maximum atomic E-state index is 14.5. The van der Waals surface area contributed by atoms with E-state index in [-0.39, 0.29) is 76.8 Å². The van der Waals surface area contributed by atoms with Crippen molar-refractivity contribution in [1.82, 2.24) is 24.7 Å². The minimum atomic E-state index is -4.78. The molecule has 3 amide bonds. The second-order valence-electron chi connectivity index (χ2n) is 16.9. The molecular formula is C46H63N5O15S3. The first-order valence-electron chi connectivity index (χ1n) is 23.4. The van der Waals surface area contributed by atoms with Gasteiger partial charge in [-0.05, 0) is 85.0 Å². The van der Waals surface area contributed by atoms with Crippen molar-refractivity contribution in [1.29, 1.82) is 0 Å². The Morgan fingerprint density at radius 1 is 0.594 bits per heavy atom. The van der Waals surface area contributed by atoms with E-state index in [0.717, 1.165) is 6.07 Å². The van der Waals surface area contributed by atoms with Crippen LogP contribution in [0.4, 0.5) is 0 Å².